The van der Waals surface area contributed by atoms with Gasteiger partial charge in [-0.1, -0.05) is 50.2 Å². The summed E-state index contributed by atoms with van der Waals surface area (Å²) < 4.78 is 5.01. The van der Waals surface area contributed by atoms with Gasteiger partial charge in [0.05, 0.1) is 13.2 Å². The summed E-state index contributed by atoms with van der Waals surface area (Å²) in [6.45, 7) is 7.83. The highest BCUT2D eigenvalue weighted by atomic mass is 16.5. The fourth-order valence-electron chi connectivity index (χ4n) is 0.901. The van der Waals surface area contributed by atoms with E-state index in [-0.39, 0.29) is 0 Å². The normalized spacial score (nSPS) is 14.1. The molecule has 0 spiro atoms. The molecule has 1 heterocycles. The van der Waals surface area contributed by atoms with E-state index in [2.05, 4.69) is 5.32 Å². The maximum Gasteiger partial charge on any atom is 0.0591 e. The molecule has 0 bridgehead atoms. The molecule has 2 heteroatoms. The van der Waals surface area contributed by atoms with Crippen molar-refractivity contribution in [2.75, 3.05) is 26.3 Å². The molecule has 1 aliphatic heterocycles. The molecule has 1 N–H and O–H groups in total. The van der Waals surface area contributed by atoms with Crippen molar-refractivity contribution < 1.29 is 4.74 Å². The number of hydrogen-bond acceptors (Lipinski definition) is 2. The quantitative estimate of drug-likeness (QED) is 0.686. The third-order valence-corrected chi connectivity index (χ3v) is 1.51. The zero-order valence-corrected chi connectivity index (χ0v) is 9.20. The molecule has 1 aromatic rings. The van der Waals surface area contributed by atoms with Crippen LogP contribution in [0.25, 0.3) is 0 Å². The summed E-state index contributed by atoms with van der Waals surface area (Å²) in [4.78, 5) is 0. The molecule has 0 unspecified atom stereocenters. The average Bonchev–Trinajstić information content (AvgIpc) is 2.37. The largest absolute Gasteiger partial charge is 0.379 e. The minimum atomic E-state index is 0.889. The minimum Gasteiger partial charge on any atom is -0.379 e. The molecular weight excluding hydrogens is 174 g/mol. The van der Waals surface area contributed by atoms with Gasteiger partial charge < -0.3 is 10.1 Å². The van der Waals surface area contributed by atoms with Gasteiger partial charge in [0.1, 0.15) is 0 Å². The van der Waals surface area contributed by atoms with E-state index >= 15 is 0 Å². The van der Waals surface area contributed by atoms with Crippen LogP contribution in [0.1, 0.15) is 13.8 Å². The van der Waals surface area contributed by atoms with Crippen LogP contribution >= 0.6 is 0 Å². The molecule has 0 amide bonds. The van der Waals surface area contributed by atoms with Crippen LogP contribution in [0.4, 0.5) is 0 Å². The van der Waals surface area contributed by atoms with E-state index in [1.165, 1.54) is 0 Å². The lowest BCUT2D eigenvalue weighted by molar-refractivity contribution is 0.109. The van der Waals surface area contributed by atoms with Crippen LogP contribution in [0.2, 0.25) is 0 Å². The third-order valence-electron chi connectivity index (χ3n) is 1.51. The lowest BCUT2D eigenvalue weighted by atomic mass is 10.4. The molecule has 1 aliphatic rings. The molecule has 1 aromatic carbocycles. The summed E-state index contributed by atoms with van der Waals surface area (Å²) in [5.41, 5.74) is 0. The van der Waals surface area contributed by atoms with Gasteiger partial charge in [0.2, 0.25) is 0 Å². The molecule has 0 atom stereocenters. The Balaban J connectivity index is 0.000000206. The first-order valence-electron chi connectivity index (χ1n) is 5.28. The maximum atomic E-state index is 5.01. The zero-order chi connectivity index (χ0) is 10.5. The smallest absolute Gasteiger partial charge is 0.0591 e. The standard InChI is InChI=1S/C6H6.C4H9NO.C2H6/c1-2-4-6-5-3-1;1-3-6-4-2-5-1;1-2/h1-6H;5H,1-4H2;1-2H3. The van der Waals surface area contributed by atoms with E-state index in [1.54, 1.807) is 0 Å². The van der Waals surface area contributed by atoms with Crippen molar-refractivity contribution in [2.24, 2.45) is 0 Å². The minimum absolute atomic E-state index is 0.889. The van der Waals surface area contributed by atoms with Crippen LogP contribution in [-0.2, 0) is 4.74 Å². The summed E-state index contributed by atoms with van der Waals surface area (Å²) in [7, 11) is 0. The third kappa shape index (κ3) is 9.23. The molecule has 0 radical (unpaired) electrons. The Morgan fingerprint density at radius 1 is 0.786 bits per heavy atom. The van der Waals surface area contributed by atoms with E-state index in [0.717, 1.165) is 26.3 Å². The molecule has 0 saturated carbocycles. The van der Waals surface area contributed by atoms with Crippen molar-refractivity contribution in [3.63, 3.8) is 0 Å². The van der Waals surface area contributed by atoms with E-state index in [4.69, 9.17) is 4.74 Å². The van der Waals surface area contributed by atoms with Crippen molar-refractivity contribution in [3.05, 3.63) is 36.4 Å². The average molecular weight is 195 g/mol. The highest BCUT2D eigenvalue weighted by molar-refractivity contribution is 4.99. The Kier molecular flexibility index (Phi) is 11.4. The van der Waals surface area contributed by atoms with Gasteiger partial charge >= 0.3 is 0 Å². The van der Waals surface area contributed by atoms with Crippen LogP contribution in [0.15, 0.2) is 36.4 Å². The first-order valence-corrected chi connectivity index (χ1v) is 5.28. The topological polar surface area (TPSA) is 21.3 Å². The molecular formula is C12H21NO. The Bertz CT molecular complexity index is 135. The fraction of sp³-hybridized carbons (Fsp3) is 0.500. The Hall–Kier alpha value is -0.860. The van der Waals surface area contributed by atoms with Crippen LogP contribution in [0, 0.1) is 0 Å². The van der Waals surface area contributed by atoms with Crippen LogP contribution in [0.3, 0.4) is 0 Å². The van der Waals surface area contributed by atoms with Crippen molar-refractivity contribution in [1.29, 1.82) is 0 Å². The number of benzene rings is 1. The van der Waals surface area contributed by atoms with Gasteiger partial charge in [0, 0.05) is 13.1 Å². The SMILES string of the molecule is C1COCCN1.CC.c1ccccc1. The summed E-state index contributed by atoms with van der Waals surface area (Å²) >= 11 is 0. The summed E-state index contributed by atoms with van der Waals surface area (Å²) in [6.07, 6.45) is 0. The van der Waals surface area contributed by atoms with Gasteiger partial charge in [-0.25, -0.2) is 0 Å². The lowest BCUT2D eigenvalue weighted by Crippen LogP contribution is -2.30. The lowest BCUT2D eigenvalue weighted by Gasteiger charge is -2.10. The van der Waals surface area contributed by atoms with Gasteiger partial charge in [0.15, 0.2) is 0 Å². The fourth-order valence-corrected chi connectivity index (χ4v) is 0.901. The second kappa shape index (κ2) is 12.1. The Morgan fingerprint density at radius 3 is 1.29 bits per heavy atom. The van der Waals surface area contributed by atoms with Gasteiger partial charge in [-0.2, -0.15) is 0 Å². The highest BCUT2D eigenvalue weighted by Crippen LogP contribution is 1.80. The van der Waals surface area contributed by atoms with E-state index < -0.39 is 0 Å². The first-order chi connectivity index (χ1) is 7.00. The maximum absolute atomic E-state index is 5.01. The second-order valence-electron chi connectivity index (χ2n) is 2.52. The van der Waals surface area contributed by atoms with Gasteiger partial charge in [-0.3, -0.25) is 0 Å². The van der Waals surface area contributed by atoms with E-state index in [0.29, 0.717) is 0 Å². The monoisotopic (exact) mass is 195 g/mol. The van der Waals surface area contributed by atoms with E-state index in [1.807, 2.05) is 50.2 Å². The van der Waals surface area contributed by atoms with Crippen molar-refractivity contribution >= 4 is 0 Å². The summed E-state index contributed by atoms with van der Waals surface area (Å²) in [5.74, 6) is 0. The molecule has 14 heavy (non-hydrogen) atoms. The van der Waals surface area contributed by atoms with Crippen molar-refractivity contribution in [2.45, 2.75) is 13.8 Å². The predicted octanol–water partition coefficient (Wildman–Crippen LogP) is 2.32. The van der Waals surface area contributed by atoms with Gasteiger partial charge in [-0.05, 0) is 0 Å². The highest BCUT2D eigenvalue weighted by Gasteiger charge is 1.92. The molecule has 2 rings (SSSR count). The summed E-state index contributed by atoms with van der Waals surface area (Å²) in [6, 6.07) is 12.0. The molecule has 0 aromatic heterocycles. The molecule has 1 fully saturated rings. The van der Waals surface area contributed by atoms with Gasteiger partial charge in [0.25, 0.3) is 0 Å². The molecule has 2 nitrogen and oxygen atoms in total. The Labute approximate surface area is 87.3 Å². The van der Waals surface area contributed by atoms with Crippen molar-refractivity contribution in [3.8, 4) is 0 Å². The van der Waals surface area contributed by atoms with Gasteiger partial charge in [-0.15, -0.1) is 0 Å². The zero-order valence-electron chi connectivity index (χ0n) is 9.20. The second-order valence-corrected chi connectivity index (χ2v) is 2.52. The first kappa shape index (κ1) is 13.1. The van der Waals surface area contributed by atoms with Crippen molar-refractivity contribution in [1.82, 2.24) is 5.32 Å². The van der Waals surface area contributed by atoms with Crippen LogP contribution in [-0.4, -0.2) is 26.3 Å². The molecule has 0 aliphatic carbocycles. The summed E-state index contributed by atoms with van der Waals surface area (Å²) in [5, 5.41) is 3.16. The molecule has 1 saturated heterocycles. The van der Waals surface area contributed by atoms with Crippen LogP contribution < -0.4 is 5.32 Å². The molecule has 80 valence electrons. The number of hydrogen-bond donors (Lipinski definition) is 1. The predicted molar refractivity (Wildman–Crippen MR) is 61.5 cm³/mol. The van der Waals surface area contributed by atoms with Crippen LogP contribution in [0.5, 0.6) is 0 Å². The number of morpholine rings is 1. The Morgan fingerprint density at radius 2 is 1.14 bits per heavy atom. The number of rotatable bonds is 0. The number of nitrogens with one attached hydrogen (secondary N) is 1. The van der Waals surface area contributed by atoms with E-state index in [9.17, 15) is 0 Å². The number of ether oxygens (including phenoxy) is 1.